The Labute approximate surface area is 109 Å². The number of ether oxygens (including phenoxy) is 1. The lowest BCUT2D eigenvalue weighted by molar-refractivity contribution is -0.120. The molecule has 1 atom stereocenters. The summed E-state index contributed by atoms with van der Waals surface area (Å²) in [5, 5.41) is 5.79. The monoisotopic (exact) mass is 263 g/mol. The molecule has 1 aromatic carbocycles. The highest BCUT2D eigenvalue weighted by molar-refractivity contribution is 6.05. The highest BCUT2D eigenvalue weighted by Crippen LogP contribution is 2.26. The largest absolute Gasteiger partial charge is 0.494 e. The van der Waals surface area contributed by atoms with E-state index in [0.717, 1.165) is 12.8 Å². The summed E-state index contributed by atoms with van der Waals surface area (Å²) >= 11 is 0. The molecule has 0 saturated heterocycles. The van der Waals surface area contributed by atoms with Crippen molar-refractivity contribution in [2.75, 3.05) is 7.11 Å². The molecule has 3 rings (SSSR count). The molecule has 1 aromatic rings. The number of amides is 1. The van der Waals surface area contributed by atoms with Crippen LogP contribution in [0.3, 0.4) is 0 Å². The number of nitrogens with one attached hydrogen (secondary N) is 2. The number of guanidine groups is 1. The molecule has 2 aliphatic rings. The van der Waals surface area contributed by atoms with Gasteiger partial charge in [-0.2, -0.15) is 0 Å². The molecule has 0 bridgehead atoms. The summed E-state index contributed by atoms with van der Waals surface area (Å²) in [6, 6.07) is 4.15. The molecule has 1 heterocycles. The van der Waals surface area contributed by atoms with Crippen LogP contribution in [0.5, 0.6) is 5.75 Å². The average Bonchev–Trinajstić information content (AvgIpc) is 3.12. The van der Waals surface area contributed by atoms with Crippen molar-refractivity contribution in [1.29, 1.82) is 0 Å². The van der Waals surface area contributed by atoms with Gasteiger partial charge < -0.3 is 10.1 Å². The molecule has 2 N–H and O–H groups in total. The minimum absolute atomic E-state index is 0.155. The maximum Gasteiger partial charge on any atom is 0.256 e. The fraction of sp³-hybridized carbons (Fsp3) is 0.385. The number of nitrogens with zero attached hydrogens (tertiary/aromatic N) is 1. The third-order valence-corrected chi connectivity index (χ3v) is 3.16. The van der Waals surface area contributed by atoms with Crippen molar-refractivity contribution in [1.82, 2.24) is 10.6 Å². The van der Waals surface area contributed by atoms with E-state index in [1.807, 2.05) is 0 Å². The molecule has 100 valence electrons. The van der Waals surface area contributed by atoms with Gasteiger partial charge in [-0.15, -0.1) is 0 Å². The van der Waals surface area contributed by atoms with E-state index >= 15 is 0 Å². The van der Waals surface area contributed by atoms with Gasteiger partial charge in [-0.25, -0.2) is 9.38 Å². The number of rotatable bonds is 3. The zero-order valence-corrected chi connectivity index (χ0v) is 10.4. The molecule has 1 amide bonds. The Morgan fingerprint density at radius 1 is 1.47 bits per heavy atom. The van der Waals surface area contributed by atoms with Gasteiger partial charge in [0, 0.05) is 6.04 Å². The summed E-state index contributed by atoms with van der Waals surface area (Å²) in [4.78, 5) is 16.1. The molecule has 1 saturated carbocycles. The van der Waals surface area contributed by atoms with Crippen molar-refractivity contribution in [2.45, 2.75) is 24.9 Å². The van der Waals surface area contributed by atoms with E-state index < -0.39 is 11.9 Å². The maximum absolute atomic E-state index is 13.6. The molecule has 1 aliphatic carbocycles. The zero-order chi connectivity index (χ0) is 13.4. The lowest BCUT2D eigenvalue weighted by atomic mass is 10.1. The predicted molar refractivity (Wildman–Crippen MR) is 67.4 cm³/mol. The van der Waals surface area contributed by atoms with Gasteiger partial charge >= 0.3 is 0 Å². The van der Waals surface area contributed by atoms with E-state index in [4.69, 9.17) is 4.74 Å². The third kappa shape index (κ3) is 2.38. The quantitative estimate of drug-likeness (QED) is 0.858. The van der Waals surface area contributed by atoms with E-state index in [1.165, 1.54) is 19.2 Å². The van der Waals surface area contributed by atoms with Gasteiger partial charge in [-0.3, -0.25) is 10.1 Å². The third-order valence-electron chi connectivity index (χ3n) is 3.16. The van der Waals surface area contributed by atoms with Gasteiger partial charge in [-0.1, -0.05) is 6.07 Å². The van der Waals surface area contributed by atoms with Crippen LogP contribution in [0.4, 0.5) is 4.39 Å². The van der Waals surface area contributed by atoms with Crippen LogP contribution in [-0.2, 0) is 4.79 Å². The smallest absolute Gasteiger partial charge is 0.256 e. The molecule has 1 fully saturated rings. The first kappa shape index (κ1) is 12.0. The van der Waals surface area contributed by atoms with Crippen LogP contribution in [0.15, 0.2) is 23.2 Å². The molecule has 6 heteroatoms. The average molecular weight is 263 g/mol. The van der Waals surface area contributed by atoms with Crippen LogP contribution in [0.25, 0.3) is 0 Å². The van der Waals surface area contributed by atoms with Gasteiger partial charge in [0.05, 0.1) is 7.11 Å². The number of carbonyl (C=O) groups excluding carboxylic acids is 1. The number of carbonyl (C=O) groups is 1. The van der Waals surface area contributed by atoms with Gasteiger partial charge in [0.15, 0.2) is 23.6 Å². The number of halogens is 1. The van der Waals surface area contributed by atoms with Crippen LogP contribution < -0.4 is 15.4 Å². The molecule has 0 aromatic heterocycles. The lowest BCUT2D eigenvalue weighted by Crippen LogP contribution is -2.37. The molecule has 19 heavy (non-hydrogen) atoms. The topological polar surface area (TPSA) is 62.7 Å². The molecule has 1 aliphatic heterocycles. The first-order valence-electron chi connectivity index (χ1n) is 6.16. The second-order valence-corrected chi connectivity index (χ2v) is 4.68. The SMILES string of the molecule is COc1ccc(C2N=C(NC3CC3)NC2=O)cc1F. The van der Waals surface area contributed by atoms with Crippen molar-refractivity contribution in [2.24, 2.45) is 4.99 Å². The van der Waals surface area contributed by atoms with Gasteiger partial charge in [-0.05, 0) is 30.5 Å². The number of benzene rings is 1. The molecule has 1 unspecified atom stereocenters. The number of methoxy groups -OCH3 is 1. The fourth-order valence-electron chi connectivity index (χ4n) is 1.98. The van der Waals surface area contributed by atoms with Crippen molar-refractivity contribution in [3.8, 4) is 5.75 Å². The molecular formula is C13H14FN3O2. The zero-order valence-electron chi connectivity index (χ0n) is 10.4. The van der Waals surface area contributed by atoms with E-state index in [1.54, 1.807) is 6.07 Å². The van der Waals surface area contributed by atoms with Crippen LogP contribution in [0.1, 0.15) is 24.4 Å². The van der Waals surface area contributed by atoms with Gasteiger partial charge in [0.25, 0.3) is 5.91 Å². The van der Waals surface area contributed by atoms with Crippen molar-refractivity contribution in [3.05, 3.63) is 29.6 Å². The Kier molecular flexibility index (Phi) is 2.85. The molecule has 0 radical (unpaired) electrons. The highest BCUT2D eigenvalue weighted by Gasteiger charge is 2.31. The Balaban J connectivity index is 1.82. The van der Waals surface area contributed by atoms with E-state index in [0.29, 0.717) is 17.6 Å². The van der Waals surface area contributed by atoms with Crippen LogP contribution in [0, 0.1) is 5.82 Å². The first-order valence-corrected chi connectivity index (χ1v) is 6.16. The summed E-state index contributed by atoms with van der Waals surface area (Å²) in [6.45, 7) is 0. The molecular weight excluding hydrogens is 249 g/mol. The number of aliphatic imine (C=N–C) groups is 1. The predicted octanol–water partition coefficient (Wildman–Crippen LogP) is 1.11. The normalized spacial score (nSPS) is 21.9. The second kappa shape index (κ2) is 4.53. The fourth-order valence-corrected chi connectivity index (χ4v) is 1.98. The Morgan fingerprint density at radius 3 is 2.89 bits per heavy atom. The van der Waals surface area contributed by atoms with Crippen LogP contribution >= 0.6 is 0 Å². The summed E-state index contributed by atoms with van der Waals surface area (Å²) < 4.78 is 18.5. The van der Waals surface area contributed by atoms with Crippen LogP contribution in [-0.4, -0.2) is 25.0 Å². The molecule has 0 spiro atoms. The Morgan fingerprint density at radius 2 is 2.26 bits per heavy atom. The van der Waals surface area contributed by atoms with Crippen LogP contribution in [0.2, 0.25) is 0 Å². The summed E-state index contributed by atoms with van der Waals surface area (Å²) in [5.41, 5.74) is 0.517. The minimum atomic E-state index is -0.693. The van der Waals surface area contributed by atoms with Gasteiger partial charge in [0.1, 0.15) is 0 Å². The highest BCUT2D eigenvalue weighted by atomic mass is 19.1. The van der Waals surface area contributed by atoms with Crippen molar-refractivity contribution < 1.29 is 13.9 Å². The van der Waals surface area contributed by atoms with Crippen molar-refractivity contribution >= 4 is 11.9 Å². The summed E-state index contributed by atoms with van der Waals surface area (Å²) in [7, 11) is 1.40. The maximum atomic E-state index is 13.6. The van der Waals surface area contributed by atoms with E-state index in [9.17, 15) is 9.18 Å². The summed E-state index contributed by atoms with van der Waals surface area (Å²) in [6.07, 6.45) is 2.19. The minimum Gasteiger partial charge on any atom is -0.494 e. The summed E-state index contributed by atoms with van der Waals surface area (Å²) in [5.74, 6) is -0.101. The van der Waals surface area contributed by atoms with E-state index in [2.05, 4.69) is 15.6 Å². The standard InChI is InChI=1S/C13H14FN3O2/c1-19-10-5-2-7(6-9(10)14)11-12(18)17-13(16-11)15-8-3-4-8/h2,5-6,8,11H,3-4H2,1H3,(H2,15,16,17,18). The number of hydrogen-bond donors (Lipinski definition) is 2. The first-order chi connectivity index (χ1) is 9.17. The second-order valence-electron chi connectivity index (χ2n) is 4.68. The Hall–Kier alpha value is -2.11. The van der Waals surface area contributed by atoms with Crippen molar-refractivity contribution in [3.63, 3.8) is 0 Å². The number of hydrogen-bond acceptors (Lipinski definition) is 4. The molecule has 5 nitrogen and oxygen atoms in total. The van der Waals surface area contributed by atoms with E-state index in [-0.39, 0.29) is 11.7 Å². The van der Waals surface area contributed by atoms with Gasteiger partial charge in [0.2, 0.25) is 0 Å². The Bertz CT molecular complexity index is 555. The lowest BCUT2D eigenvalue weighted by Gasteiger charge is -2.07.